The van der Waals surface area contributed by atoms with Crippen molar-refractivity contribution in [3.05, 3.63) is 28.8 Å². The van der Waals surface area contributed by atoms with Gasteiger partial charge in [-0.1, -0.05) is 30.5 Å². The number of rotatable bonds is 4. The molecule has 0 radical (unpaired) electrons. The van der Waals surface area contributed by atoms with Crippen LogP contribution in [0, 0.1) is 5.92 Å². The van der Waals surface area contributed by atoms with Gasteiger partial charge in [-0.3, -0.25) is 0 Å². The van der Waals surface area contributed by atoms with Crippen molar-refractivity contribution in [1.82, 2.24) is 4.90 Å². The molecule has 0 aliphatic heterocycles. The molecular weight excluding hydrogens is 232 g/mol. The van der Waals surface area contributed by atoms with Crippen LogP contribution in [0.25, 0.3) is 0 Å². The Bertz CT molecular complexity index is 372. The van der Waals surface area contributed by atoms with Gasteiger partial charge in [-0.15, -0.1) is 0 Å². The van der Waals surface area contributed by atoms with Crippen molar-refractivity contribution in [2.45, 2.75) is 32.2 Å². The van der Waals surface area contributed by atoms with Crippen LogP contribution in [0.3, 0.4) is 0 Å². The number of hydrogen-bond donors (Lipinski definition) is 1. The van der Waals surface area contributed by atoms with Crippen LogP contribution in [0.5, 0.6) is 0 Å². The number of nitrogen functional groups attached to an aromatic ring is 1. The van der Waals surface area contributed by atoms with E-state index in [1.807, 2.05) is 18.2 Å². The first-order valence-electron chi connectivity index (χ1n) is 6.37. The van der Waals surface area contributed by atoms with Gasteiger partial charge in [-0.2, -0.15) is 0 Å². The molecule has 0 saturated heterocycles. The average Bonchev–Trinajstić information content (AvgIpc) is 2.75. The van der Waals surface area contributed by atoms with Crippen molar-refractivity contribution in [3.63, 3.8) is 0 Å². The fraction of sp³-hybridized carbons (Fsp3) is 0.571. The molecule has 2 nitrogen and oxygen atoms in total. The third-order valence-electron chi connectivity index (χ3n) is 3.56. The molecule has 1 saturated carbocycles. The first kappa shape index (κ1) is 12.7. The lowest BCUT2D eigenvalue weighted by Crippen LogP contribution is -2.24. The second-order valence-electron chi connectivity index (χ2n) is 5.20. The summed E-state index contributed by atoms with van der Waals surface area (Å²) in [5.74, 6) is 0.882. The van der Waals surface area contributed by atoms with Crippen LogP contribution in [-0.4, -0.2) is 18.5 Å². The molecule has 3 heteroatoms. The highest BCUT2D eigenvalue weighted by atomic mass is 35.5. The third kappa shape index (κ3) is 3.62. The molecule has 0 amide bonds. The van der Waals surface area contributed by atoms with Crippen LogP contribution in [-0.2, 0) is 6.54 Å². The molecule has 0 aromatic heterocycles. The summed E-state index contributed by atoms with van der Waals surface area (Å²) >= 11 is 6.18. The van der Waals surface area contributed by atoms with Crippen molar-refractivity contribution in [2.24, 2.45) is 5.92 Å². The number of nitrogens with two attached hydrogens (primary N) is 1. The lowest BCUT2D eigenvalue weighted by atomic mass is 10.1. The monoisotopic (exact) mass is 252 g/mol. The molecule has 1 aliphatic rings. The Morgan fingerprint density at radius 1 is 1.35 bits per heavy atom. The molecule has 0 heterocycles. The van der Waals surface area contributed by atoms with Gasteiger partial charge in [0, 0.05) is 23.8 Å². The summed E-state index contributed by atoms with van der Waals surface area (Å²) < 4.78 is 0. The fourth-order valence-corrected chi connectivity index (χ4v) is 2.93. The Morgan fingerprint density at radius 2 is 2.06 bits per heavy atom. The van der Waals surface area contributed by atoms with Crippen LogP contribution in [0.4, 0.5) is 5.69 Å². The highest BCUT2D eigenvalue weighted by molar-refractivity contribution is 6.31. The molecule has 2 rings (SSSR count). The van der Waals surface area contributed by atoms with Crippen molar-refractivity contribution in [3.8, 4) is 0 Å². The number of halogens is 1. The van der Waals surface area contributed by atoms with Gasteiger partial charge in [0.25, 0.3) is 0 Å². The van der Waals surface area contributed by atoms with Gasteiger partial charge in [-0.25, -0.2) is 0 Å². The van der Waals surface area contributed by atoms with E-state index in [4.69, 9.17) is 17.3 Å². The quantitative estimate of drug-likeness (QED) is 0.831. The minimum Gasteiger partial charge on any atom is -0.399 e. The molecule has 17 heavy (non-hydrogen) atoms. The van der Waals surface area contributed by atoms with Gasteiger partial charge in [0.1, 0.15) is 0 Å². The predicted molar refractivity (Wildman–Crippen MR) is 74.2 cm³/mol. The summed E-state index contributed by atoms with van der Waals surface area (Å²) in [7, 11) is 2.17. The van der Waals surface area contributed by atoms with Gasteiger partial charge >= 0.3 is 0 Å². The highest BCUT2D eigenvalue weighted by Crippen LogP contribution is 2.26. The normalized spacial score (nSPS) is 16.9. The largest absolute Gasteiger partial charge is 0.399 e. The maximum absolute atomic E-state index is 6.18. The first-order chi connectivity index (χ1) is 8.15. The first-order valence-corrected chi connectivity index (χ1v) is 6.75. The van der Waals surface area contributed by atoms with Gasteiger partial charge in [0.15, 0.2) is 0 Å². The highest BCUT2D eigenvalue weighted by Gasteiger charge is 2.17. The Hall–Kier alpha value is -0.730. The maximum Gasteiger partial charge on any atom is 0.0471 e. The average molecular weight is 253 g/mol. The molecular formula is C14H21ClN2. The lowest BCUT2D eigenvalue weighted by Gasteiger charge is -2.21. The van der Waals surface area contributed by atoms with Crippen molar-refractivity contribution in [1.29, 1.82) is 0 Å². The van der Waals surface area contributed by atoms with E-state index in [-0.39, 0.29) is 0 Å². The zero-order valence-electron chi connectivity index (χ0n) is 10.5. The summed E-state index contributed by atoms with van der Waals surface area (Å²) in [4.78, 5) is 2.37. The number of anilines is 1. The molecule has 2 N–H and O–H groups in total. The van der Waals surface area contributed by atoms with Crippen LogP contribution >= 0.6 is 11.6 Å². The third-order valence-corrected chi connectivity index (χ3v) is 3.91. The zero-order valence-corrected chi connectivity index (χ0v) is 11.2. The minimum absolute atomic E-state index is 0.734. The van der Waals surface area contributed by atoms with Gasteiger partial charge < -0.3 is 10.6 Å². The second kappa shape index (κ2) is 5.74. The van der Waals surface area contributed by atoms with Crippen LogP contribution < -0.4 is 5.73 Å². The summed E-state index contributed by atoms with van der Waals surface area (Å²) in [6.45, 7) is 2.09. The molecule has 0 unspecified atom stereocenters. The van der Waals surface area contributed by atoms with Gasteiger partial charge in [-0.05, 0) is 43.5 Å². The van der Waals surface area contributed by atoms with Crippen LogP contribution in [0.15, 0.2) is 18.2 Å². The van der Waals surface area contributed by atoms with E-state index in [2.05, 4.69) is 11.9 Å². The summed E-state index contributed by atoms with van der Waals surface area (Å²) in [6, 6.07) is 5.79. The molecule has 1 aliphatic carbocycles. The predicted octanol–water partition coefficient (Wildman–Crippen LogP) is 3.54. The van der Waals surface area contributed by atoms with Crippen molar-refractivity contribution < 1.29 is 0 Å². The van der Waals surface area contributed by atoms with E-state index < -0.39 is 0 Å². The molecule has 1 aromatic rings. The van der Waals surface area contributed by atoms with Crippen LogP contribution in [0.2, 0.25) is 5.02 Å². The molecule has 0 bridgehead atoms. The summed E-state index contributed by atoms with van der Waals surface area (Å²) in [6.07, 6.45) is 5.59. The van der Waals surface area contributed by atoms with E-state index >= 15 is 0 Å². The molecule has 1 aromatic carbocycles. The molecule has 94 valence electrons. The van der Waals surface area contributed by atoms with E-state index in [9.17, 15) is 0 Å². The Labute approximate surface area is 109 Å². The van der Waals surface area contributed by atoms with E-state index in [0.717, 1.165) is 23.2 Å². The van der Waals surface area contributed by atoms with E-state index in [1.165, 1.54) is 37.8 Å². The topological polar surface area (TPSA) is 29.3 Å². The Morgan fingerprint density at radius 3 is 2.71 bits per heavy atom. The standard InChI is InChI=1S/C14H21ClN2/c1-17(9-11-4-2-3-5-11)10-12-6-7-13(16)8-14(12)15/h6-8,11H,2-5,9-10,16H2,1H3. The minimum atomic E-state index is 0.734. The van der Waals surface area contributed by atoms with Crippen molar-refractivity contribution >= 4 is 17.3 Å². The molecule has 0 spiro atoms. The maximum atomic E-state index is 6.18. The van der Waals surface area contributed by atoms with E-state index in [0.29, 0.717) is 0 Å². The summed E-state index contributed by atoms with van der Waals surface area (Å²) in [5, 5.41) is 0.781. The number of hydrogen-bond acceptors (Lipinski definition) is 2. The van der Waals surface area contributed by atoms with Gasteiger partial charge in [0.2, 0.25) is 0 Å². The van der Waals surface area contributed by atoms with Crippen LogP contribution in [0.1, 0.15) is 31.2 Å². The Kier molecular flexibility index (Phi) is 4.30. The number of benzene rings is 1. The smallest absolute Gasteiger partial charge is 0.0471 e. The molecule has 0 atom stereocenters. The van der Waals surface area contributed by atoms with Crippen molar-refractivity contribution in [2.75, 3.05) is 19.3 Å². The Balaban J connectivity index is 1.90. The SMILES string of the molecule is CN(Cc1ccc(N)cc1Cl)CC1CCCC1. The summed E-state index contributed by atoms with van der Waals surface area (Å²) in [5.41, 5.74) is 7.59. The molecule has 1 fully saturated rings. The van der Waals surface area contributed by atoms with E-state index in [1.54, 1.807) is 0 Å². The number of nitrogens with zero attached hydrogens (tertiary/aromatic N) is 1. The zero-order chi connectivity index (χ0) is 12.3. The fourth-order valence-electron chi connectivity index (χ4n) is 2.68. The van der Waals surface area contributed by atoms with Gasteiger partial charge in [0.05, 0.1) is 0 Å². The second-order valence-corrected chi connectivity index (χ2v) is 5.61. The lowest BCUT2D eigenvalue weighted by molar-refractivity contribution is 0.271.